The lowest BCUT2D eigenvalue weighted by Crippen LogP contribution is -2.46. The molecule has 5 nitrogen and oxygen atoms in total. The summed E-state index contributed by atoms with van der Waals surface area (Å²) < 4.78 is 0. The lowest BCUT2D eigenvalue weighted by Gasteiger charge is -2.36. The van der Waals surface area contributed by atoms with E-state index in [1.165, 1.54) is 0 Å². The van der Waals surface area contributed by atoms with E-state index in [0.717, 1.165) is 41.7 Å². The molecular weight excluding hydrogens is 310 g/mol. The molecule has 6 heteroatoms. The lowest BCUT2D eigenvalue weighted by atomic mass is 9.85. The van der Waals surface area contributed by atoms with Gasteiger partial charge in [0.15, 0.2) is 0 Å². The van der Waals surface area contributed by atoms with Crippen molar-refractivity contribution in [3.8, 4) is 0 Å². The van der Waals surface area contributed by atoms with Gasteiger partial charge < -0.3 is 4.90 Å². The Morgan fingerprint density at radius 1 is 1.22 bits per heavy atom. The molecule has 120 valence electrons. The van der Waals surface area contributed by atoms with Gasteiger partial charge in [0.1, 0.15) is 0 Å². The maximum atomic E-state index is 6.40. The van der Waals surface area contributed by atoms with Crippen LogP contribution >= 0.6 is 11.6 Å². The van der Waals surface area contributed by atoms with E-state index in [1.807, 2.05) is 37.4 Å². The number of piperidine rings is 1. The number of anilines is 1. The van der Waals surface area contributed by atoms with Crippen molar-refractivity contribution in [2.24, 2.45) is 5.92 Å². The first-order chi connectivity index (χ1) is 11.2. The number of nitrogens with one attached hydrogen (secondary N) is 2. The number of hydrazine groups is 1. The second kappa shape index (κ2) is 6.07. The monoisotopic (exact) mass is 329 g/mol. The molecule has 0 radical (unpaired) electrons. The van der Waals surface area contributed by atoms with Crippen molar-refractivity contribution in [2.75, 3.05) is 18.0 Å². The van der Waals surface area contributed by atoms with Gasteiger partial charge in [-0.3, -0.25) is 5.43 Å². The van der Waals surface area contributed by atoms with Gasteiger partial charge in [0.05, 0.1) is 6.04 Å². The maximum absolute atomic E-state index is 6.40. The van der Waals surface area contributed by atoms with Gasteiger partial charge in [0, 0.05) is 42.0 Å². The Labute approximate surface area is 141 Å². The predicted molar refractivity (Wildman–Crippen MR) is 91.3 cm³/mol. The van der Waals surface area contributed by atoms with E-state index in [0.29, 0.717) is 12.0 Å². The first-order valence-corrected chi connectivity index (χ1v) is 8.40. The SMILES string of the molecule is Cc1ccnc(N2CCC3NNC(c4ccccc4Cl)C3C2)n1. The number of aromatic nitrogens is 2. The third-order valence-corrected chi connectivity index (χ3v) is 5.16. The van der Waals surface area contributed by atoms with E-state index in [2.05, 4.69) is 31.8 Å². The summed E-state index contributed by atoms with van der Waals surface area (Å²) in [6.07, 6.45) is 2.90. The summed E-state index contributed by atoms with van der Waals surface area (Å²) in [5.74, 6) is 1.26. The fourth-order valence-corrected chi connectivity index (χ4v) is 3.86. The molecule has 0 amide bonds. The summed E-state index contributed by atoms with van der Waals surface area (Å²) in [5, 5.41) is 0.816. The summed E-state index contributed by atoms with van der Waals surface area (Å²) in [6, 6.07) is 10.7. The average Bonchev–Trinajstić information content (AvgIpc) is 2.98. The normalized spacial score (nSPS) is 27.0. The molecule has 1 aromatic heterocycles. The van der Waals surface area contributed by atoms with Gasteiger partial charge in [-0.2, -0.15) is 0 Å². The van der Waals surface area contributed by atoms with Crippen LogP contribution in [0.15, 0.2) is 36.5 Å². The van der Waals surface area contributed by atoms with Crippen molar-refractivity contribution in [2.45, 2.75) is 25.4 Å². The van der Waals surface area contributed by atoms with Crippen LogP contribution in [0.25, 0.3) is 0 Å². The van der Waals surface area contributed by atoms with Gasteiger partial charge in [-0.15, -0.1) is 0 Å². The highest BCUT2D eigenvalue weighted by molar-refractivity contribution is 6.31. The molecule has 2 fully saturated rings. The van der Waals surface area contributed by atoms with E-state index in [-0.39, 0.29) is 6.04 Å². The molecule has 3 unspecified atom stereocenters. The maximum Gasteiger partial charge on any atom is 0.225 e. The molecule has 3 atom stereocenters. The molecule has 0 saturated carbocycles. The second-order valence-electron chi connectivity index (χ2n) is 6.29. The molecule has 23 heavy (non-hydrogen) atoms. The zero-order chi connectivity index (χ0) is 15.8. The predicted octanol–water partition coefficient (Wildman–Crippen LogP) is 2.48. The highest BCUT2D eigenvalue weighted by Gasteiger charge is 2.41. The van der Waals surface area contributed by atoms with Gasteiger partial charge in [0.2, 0.25) is 5.95 Å². The standard InChI is InChI=1S/C17H20ClN5/c1-11-6-8-19-17(20-11)23-9-7-15-13(10-23)16(22-21-15)12-4-2-3-5-14(12)18/h2-6,8,13,15-16,21-22H,7,9-10H2,1H3. The number of rotatable bonds is 2. The van der Waals surface area contributed by atoms with Gasteiger partial charge in [-0.25, -0.2) is 15.4 Å². The average molecular weight is 330 g/mol. The van der Waals surface area contributed by atoms with Crippen molar-refractivity contribution in [3.63, 3.8) is 0 Å². The summed E-state index contributed by atoms with van der Waals surface area (Å²) in [6.45, 7) is 3.89. The summed E-state index contributed by atoms with van der Waals surface area (Å²) in [5.41, 5.74) is 9.03. The van der Waals surface area contributed by atoms with Crippen LogP contribution in [0.4, 0.5) is 5.95 Å². The molecular formula is C17H20ClN5. The molecule has 0 spiro atoms. The minimum Gasteiger partial charge on any atom is -0.340 e. The molecule has 2 aliphatic rings. The summed E-state index contributed by atoms with van der Waals surface area (Å²) in [7, 11) is 0. The van der Waals surface area contributed by atoms with Gasteiger partial charge in [0.25, 0.3) is 0 Å². The van der Waals surface area contributed by atoms with Crippen LogP contribution in [0.3, 0.4) is 0 Å². The Bertz CT molecular complexity index is 707. The Balaban J connectivity index is 1.59. The summed E-state index contributed by atoms with van der Waals surface area (Å²) >= 11 is 6.40. The number of fused-ring (bicyclic) bond motifs is 1. The quantitative estimate of drug-likeness (QED) is 0.886. The molecule has 2 aromatic rings. The van der Waals surface area contributed by atoms with Crippen LogP contribution in [0, 0.1) is 12.8 Å². The zero-order valence-corrected chi connectivity index (χ0v) is 13.8. The van der Waals surface area contributed by atoms with E-state index in [4.69, 9.17) is 11.6 Å². The topological polar surface area (TPSA) is 53.1 Å². The second-order valence-corrected chi connectivity index (χ2v) is 6.70. The van der Waals surface area contributed by atoms with Crippen LogP contribution in [0.1, 0.15) is 23.7 Å². The van der Waals surface area contributed by atoms with Crippen LogP contribution < -0.4 is 15.8 Å². The number of aryl methyl sites for hydroxylation is 1. The number of hydrogen-bond donors (Lipinski definition) is 2. The van der Waals surface area contributed by atoms with Gasteiger partial charge in [-0.05, 0) is 31.0 Å². The van der Waals surface area contributed by atoms with Crippen molar-refractivity contribution in [3.05, 3.63) is 52.8 Å². The number of benzene rings is 1. The zero-order valence-electron chi connectivity index (χ0n) is 13.0. The first-order valence-electron chi connectivity index (χ1n) is 8.02. The Hall–Kier alpha value is -1.69. The van der Waals surface area contributed by atoms with Crippen molar-refractivity contribution >= 4 is 17.5 Å². The molecule has 1 aromatic carbocycles. The molecule has 4 rings (SSSR count). The van der Waals surface area contributed by atoms with Crippen LogP contribution in [-0.4, -0.2) is 29.1 Å². The molecule has 0 bridgehead atoms. The van der Waals surface area contributed by atoms with Crippen molar-refractivity contribution < 1.29 is 0 Å². The highest BCUT2D eigenvalue weighted by atomic mass is 35.5. The molecule has 2 saturated heterocycles. The fraction of sp³-hybridized carbons (Fsp3) is 0.412. The Morgan fingerprint density at radius 2 is 2.09 bits per heavy atom. The molecule has 2 N–H and O–H groups in total. The number of hydrogen-bond acceptors (Lipinski definition) is 5. The van der Waals surface area contributed by atoms with E-state index in [9.17, 15) is 0 Å². The van der Waals surface area contributed by atoms with E-state index in [1.54, 1.807) is 0 Å². The highest BCUT2D eigenvalue weighted by Crippen LogP contribution is 2.37. The van der Waals surface area contributed by atoms with Crippen molar-refractivity contribution in [1.29, 1.82) is 0 Å². The fourth-order valence-electron chi connectivity index (χ4n) is 3.61. The first kappa shape index (κ1) is 14.9. The largest absolute Gasteiger partial charge is 0.340 e. The number of halogens is 1. The van der Waals surface area contributed by atoms with Crippen LogP contribution in [-0.2, 0) is 0 Å². The smallest absolute Gasteiger partial charge is 0.225 e. The van der Waals surface area contributed by atoms with Crippen LogP contribution in [0.5, 0.6) is 0 Å². The van der Waals surface area contributed by atoms with Crippen molar-refractivity contribution in [1.82, 2.24) is 20.8 Å². The third-order valence-electron chi connectivity index (χ3n) is 4.82. The van der Waals surface area contributed by atoms with E-state index >= 15 is 0 Å². The van der Waals surface area contributed by atoms with E-state index < -0.39 is 0 Å². The Kier molecular flexibility index (Phi) is 3.93. The molecule has 3 heterocycles. The molecule has 0 aliphatic carbocycles. The number of nitrogens with zero attached hydrogens (tertiary/aromatic N) is 3. The minimum absolute atomic E-state index is 0.210. The molecule has 2 aliphatic heterocycles. The van der Waals surface area contributed by atoms with Gasteiger partial charge >= 0.3 is 0 Å². The minimum atomic E-state index is 0.210. The van der Waals surface area contributed by atoms with Gasteiger partial charge in [-0.1, -0.05) is 29.8 Å². The van der Waals surface area contributed by atoms with Crippen LogP contribution in [0.2, 0.25) is 5.02 Å². The Morgan fingerprint density at radius 3 is 2.91 bits per heavy atom. The third kappa shape index (κ3) is 2.80. The lowest BCUT2D eigenvalue weighted by molar-refractivity contribution is 0.353. The summed E-state index contributed by atoms with van der Waals surface area (Å²) in [4.78, 5) is 11.3.